The van der Waals surface area contributed by atoms with Crippen molar-refractivity contribution in [3.05, 3.63) is 35.4 Å². The molecule has 2 atom stereocenters. The minimum atomic E-state index is -3.14. The fourth-order valence-electron chi connectivity index (χ4n) is 3.32. The second kappa shape index (κ2) is 9.00. The summed E-state index contributed by atoms with van der Waals surface area (Å²) in [5.74, 6) is 0.880. The van der Waals surface area contributed by atoms with Crippen molar-refractivity contribution in [2.45, 2.75) is 58.9 Å². The summed E-state index contributed by atoms with van der Waals surface area (Å²) < 4.78 is 25.1. The molecule has 0 aromatic heterocycles. The van der Waals surface area contributed by atoms with Gasteiger partial charge in [0.05, 0.1) is 11.8 Å². The summed E-state index contributed by atoms with van der Waals surface area (Å²) >= 11 is 0. The SMILES string of the molecule is CCC(C)c1ccc(C(NC(=O)CCN2CCCS2(=O)=O)C(C)C)cc1. The Morgan fingerprint density at radius 2 is 1.77 bits per heavy atom. The van der Waals surface area contributed by atoms with Crippen LogP contribution in [0.4, 0.5) is 0 Å². The van der Waals surface area contributed by atoms with Crippen molar-refractivity contribution < 1.29 is 13.2 Å². The summed E-state index contributed by atoms with van der Waals surface area (Å²) in [7, 11) is -3.14. The van der Waals surface area contributed by atoms with Gasteiger partial charge in [0, 0.05) is 19.5 Å². The molecule has 146 valence electrons. The molecule has 6 heteroatoms. The molecule has 26 heavy (non-hydrogen) atoms. The zero-order valence-electron chi connectivity index (χ0n) is 16.4. The van der Waals surface area contributed by atoms with Gasteiger partial charge in [0.15, 0.2) is 0 Å². The Labute approximate surface area is 158 Å². The van der Waals surface area contributed by atoms with E-state index in [1.165, 1.54) is 9.87 Å². The van der Waals surface area contributed by atoms with Crippen LogP contribution in [0.3, 0.4) is 0 Å². The molecule has 1 aromatic rings. The van der Waals surface area contributed by atoms with Gasteiger partial charge in [-0.05, 0) is 35.8 Å². The van der Waals surface area contributed by atoms with Gasteiger partial charge in [-0.2, -0.15) is 0 Å². The number of hydrogen-bond donors (Lipinski definition) is 1. The second-order valence-electron chi connectivity index (χ2n) is 7.58. The second-order valence-corrected chi connectivity index (χ2v) is 9.67. The zero-order valence-corrected chi connectivity index (χ0v) is 17.2. The molecule has 0 saturated carbocycles. The predicted molar refractivity (Wildman–Crippen MR) is 105 cm³/mol. The molecule has 1 amide bonds. The molecular formula is C20H32N2O3S. The first-order valence-corrected chi connectivity index (χ1v) is 11.2. The lowest BCUT2D eigenvalue weighted by Crippen LogP contribution is -2.35. The molecule has 1 aromatic carbocycles. The normalized spacial score (nSPS) is 19.4. The fourth-order valence-corrected chi connectivity index (χ4v) is 4.85. The number of amides is 1. The molecule has 2 rings (SSSR count). The van der Waals surface area contributed by atoms with E-state index in [4.69, 9.17) is 0 Å². The first kappa shape index (κ1) is 20.9. The van der Waals surface area contributed by atoms with Gasteiger partial charge in [-0.1, -0.05) is 52.0 Å². The molecule has 1 saturated heterocycles. The van der Waals surface area contributed by atoms with Gasteiger partial charge >= 0.3 is 0 Å². The summed E-state index contributed by atoms with van der Waals surface area (Å²) in [6, 6.07) is 8.40. The predicted octanol–water partition coefficient (Wildman–Crippen LogP) is 3.44. The highest BCUT2D eigenvalue weighted by Crippen LogP contribution is 2.25. The Hall–Kier alpha value is -1.40. The van der Waals surface area contributed by atoms with Gasteiger partial charge in [0.2, 0.25) is 15.9 Å². The molecule has 0 radical (unpaired) electrons. The Morgan fingerprint density at radius 1 is 1.15 bits per heavy atom. The van der Waals surface area contributed by atoms with Crippen LogP contribution in [-0.2, 0) is 14.8 Å². The number of rotatable bonds is 8. The Kier molecular flexibility index (Phi) is 7.24. The largest absolute Gasteiger partial charge is 0.349 e. The molecule has 5 nitrogen and oxygen atoms in total. The van der Waals surface area contributed by atoms with Crippen molar-refractivity contribution in [3.8, 4) is 0 Å². The van der Waals surface area contributed by atoms with Crippen molar-refractivity contribution in [1.29, 1.82) is 0 Å². The maximum atomic E-state index is 12.4. The molecular weight excluding hydrogens is 348 g/mol. The van der Waals surface area contributed by atoms with Crippen LogP contribution in [0.1, 0.15) is 70.0 Å². The summed E-state index contributed by atoms with van der Waals surface area (Å²) in [6.45, 7) is 9.35. The van der Waals surface area contributed by atoms with Gasteiger partial charge in [-0.3, -0.25) is 4.79 Å². The average molecular weight is 381 g/mol. The molecule has 0 bridgehead atoms. The van der Waals surface area contributed by atoms with E-state index in [0.717, 1.165) is 12.0 Å². The maximum Gasteiger partial charge on any atom is 0.221 e. The van der Waals surface area contributed by atoms with Gasteiger partial charge in [-0.25, -0.2) is 12.7 Å². The number of nitrogens with one attached hydrogen (secondary N) is 1. The fraction of sp³-hybridized carbons (Fsp3) is 0.650. The molecule has 2 unspecified atom stereocenters. The Bertz CT molecular complexity index is 698. The number of carbonyl (C=O) groups is 1. The first-order chi connectivity index (χ1) is 12.2. The van der Waals surface area contributed by atoms with Gasteiger partial charge in [-0.15, -0.1) is 0 Å². The van der Waals surface area contributed by atoms with E-state index in [-0.39, 0.29) is 36.6 Å². The number of nitrogens with zero attached hydrogens (tertiary/aromatic N) is 1. The quantitative estimate of drug-likeness (QED) is 0.751. The third-order valence-electron chi connectivity index (χ3n) is 5.25. The van der Waals surface area contributed by atoms with Crippen LogP contribution in [0.2, 0.25) is 0 Å². The maximum absolute atomic E-state index is 12.4. The first-order valence-electron chi connectivity index (χ1n) is 9.61. The Morgan fingerprint density at radius 3 is 2.27 bits per heavy atom. The summed E-state index contributed by atoms with van der Waals surface area (Å²) in [6.07, 6.45) is 1.96. The standard InChI is InChI=1S/C20H32N2O3S/c1-5-16(4)17-7-9-18(10-8-17)20(15(2)3)21-19(23)11-13-22-12-6-14-26(22,24)25/h7-10,15-16,20H,5-6,11-14H2,1-4H3,(H,21,23). The van der Waals surface area contributed by atoms with Crippen molar-refractivity contribution in [3.63, 3.8) is 0 Å². The van der Waals surface area contributed by atoms with Crippen molar-refractivity contribution in [2.75, 3.05) is 18.8 Å². The van der Waals surface area contributed by atoms with Crippen LogP contribution >= 0.6 is 0 Å². The highest BCUT2D eigenvalue weighted by Gasteiger charge is 2.28. The van der Waals surface area contributed by atoms with Crippen LogP contribution in [0.5, 0.6) is 0 Å². The summed E-state index contributed by atoms with van der Waals surface area (Å²) in [5, 5.41) is 3.09. The van der Waals surface area contributed by atoms with E-state index in [2.05, 4.69) is 57.3 Å². The topological polar surface area (TPSA) is 66.5 Å². The van der Waals surface area contributed by atoms with E-state index in [1.807, 2.05) is 0 Å². The minimum absolute atomic E-state index is 0.0660. The zero-order chi connectivity index (χ0) is 19.3. The highest BCUT2D eigenvalue weighted by molar-refractivity contribution is 7.89. The summed E-state index contributed by atoms with van der Waals surface area (Å²) in [4.78, 5) is 12.4. The van der Waals surface area contributed by atoms with Crippen molar-refractivity contribution in [2.24, 2.45) is 5.92 Å². The lowest BCUT2D eigenvalue weighted by molar-refractivity contribution is -0.122. The molecule has 1 fully saturated rings. The number of hydrogen-bond acceptors (Lipinski definition) is 3. The lowest BCUT2D eigenvalue weighted by Gasteiger charge is -2.24. The van der Waals surface area contributed by atoms with E-state index < -0.39 is 10.0 Å². The molecule has 1 heterocycles. The number of carbonyl (C=O) groups excluding carboxylic acids is 1. The van der Waals surface area contributed by atoms with Crippen LogP contribution in [0.15, 0.2) is 24.3 Å². The van der Waals surface area contributed by atoms with E-state index >= 15 is 0 Å². The van der Waals surface area contributed by atoms with Gasteiger partial charge in [0.1, 0.15) is 0 Å². The summed E-state index contributed by atoms with van der Waals surface area (Å²) in [5.41, 5.74) is 2.40. The third kappa shape index (κ3) is 5.30. The van der Waals surface area contributed by atoms with Crippen LogP contribution < -0.4 is 5.32 Å². The highest BCUT2D eigenvalue weighted by atomic mass is 32.2. The van der Waals surface area contributed by atoms with E-state index in [0.29, 0.717) is 18.9 Å². The van der Waals surface area contributed by atoms with Crippen LogP contribution in [0.25, 0.3) is 0 Å². The van der Waals surface area contributed by atoms with Gasteiger partial charge in [0.25, 0.3) is 0 Å². The van der Waals surface area contributed by atoms with Crippen molar-refractivity contribution >= 4 is 15.9 Å². The molecule has 1 aliphatic rings. The number of sulfonamides is 1. The molecule has 1 aliphatic heterocycles. The molecule has 0 spiro atoms. The molecule has 0 aliphatic carbocycles. The molecule has 1 N–H and O–H groups in total. The smallest absolute Gasteiger partial charge is 0.221 e. The van der Waals surface area contributed by atoms with Gasteiger partial charge < -0.3 is 5.32 Å². The average Bonchev–Trinajstić information content (AvgIpc) is 2.95. The monoisotopic (exact) mass is 380 g/mol. The Balaban J connectivity index is 1.98. The minimum Gasteiger partial charge on any atom is -0.349 e. The third-order valence-corrected chi connectivity index (χ3v) is 7.21. The van der Waals surface area contributed by atoms with E-state index in [9.17, 15) is 13.2 Å². The van der Waals surface area contributed by atoms with Crippen LogP contribution in [0, 0.1) is 5.92 Å². The van der Waals surface area contributed by atoms with E-state index in [1.54, 1.807) is 0 Å². The number of benzene rings is 1. The van der Waals surface area contributed by atoms with Crippen molar-refractivity contribution in [1.82, 2.24) is 9.62 Å². The lowest BCUT2D eigenvalue weighted by atomic mass is 9.92. The van der Waals surface area contributed by atoms with Crippen LogP contribution in [-0.4, -0.2) is 37.5 Å².